The van der Waals surface area contributed by atoms with E-state index in [1.165, 1.54) is 25.7 Å². The van der Waals surface area contributed by atoms with Crippen LogP contribution in [0.5, 0.6) is 0 Å². The van der Waals surface area contributed by atoms with E-state index in [-0.39, 0.29) is 11.5 Å². The molecule has 2 nitrogen and oxygen atoms in total. The molecule has 1 saturated carbocycles. The quantitative estimate of drug-likeness (QED) is 0.893. The number of nitrogens with zero attached hydrogens (tertiary/aromatic N) is 1. The predicted molar refractivity (Wildman–Crippen MR) is 88.3 cm³/mol. The van der Waals surface area contributed by atoms with Gasteiger partial charge >= 0.3 is 0 Å². The molecule has 1 aromatic rings. The Morgan fingerprint density at radius 3 is 2.33 bits per heavy atom. The van der Waals surface area contributed by atoms with E-state index in [4.69, 9.17) is 23.2 Å². The molecule has 0 spiro atoms. The minimum atomic E-state index is -0.318. The largest absolute Gasteiger partial charge is 0.391 e. The second-order valence-corrected chi connectivity index (χ2v) is 7.33. The zero-order valence-electron chi connectivity index (χ0n) is 12.3. The van der Waals surface area contributed by atoms with Gasteiger partial charge in [0, 0.05) is 12.0 Å². The van der Waals surface area contributed by atoms with Gasteiger partial charge in [0.1, 0.15) is 0 Å². The summed E-state index contributed by atoms with van der Waals surface area (Å²) >= 11 is 12.2. The summed E-state index contributed by atoms with van der Waals surface area (Å²) in [4.78, 5) is 2.41. The standard InChI is InChI=1S/C17H23Cl2NO/c18-14-6-5-13(11-15(14)19)17(7-4-8-17)16(21)12-20-9-2-1-3-10-20/h5-6,11,16,21H,1-4,7-10,12H2. The smallest absolute Gasteiger partial charge is 0.0763 e. The molecule has 1 aliphatic carbocycles. The zero-order chi connectivity index (χ0) is 14.9. The molecule has 0 radical (unpaired) electrons. The van der Waals surface area contributed by atoms with Gasteiger partial charge in [0.25, 0.3) is 0 Å². The molecule has 1 aromatic carbocycles. The Kier molecular flexibility index (Phi) is 4.80. The first-order chi connectivity index (χ1) is 10.1. The summed E-state index contributed by atoms with van der Waals surface area (Å²) in [6.45, 7) is 3.02. The summed E-state index contributed by atoms with van der Waals surface area (Å²) in [7, 11) is 0. The van der Waals surface area contributed by atoms with Crippen LogP contribution >= 0.6 is 23.2 Å². The summed E-state index contributed by atoms with van der Waals surface area (Å²) in [5.41, 5.74) is 1.03. The minimum absolute atomic E-state index is 0.119. The van der Waals surface area contributed by atoms with Crippen LogP contribution < -0.4 is 0 Å². The number of hydrogen-bond acceptors (Lipinski definition) is 2. The van der Waals surface area contributed by atoms with Crippen LogP contribution in [-0.2, 0) is 5.41 Å². The molecule has 0 amide bonds. The number of piperidine rings is 1. The Morgan fingerprint density at radius 1 is 1.05 bits per heavy atom. The highest BCUT2D eigenvalue weighted by Crippen LogP contribution is 2.47. The lowest BCUT2D eigenvalue weighted by molar-refractivity contribution is -0.00125. The van der Waals surface area contributed by atoms with Crippen molar-refractivity contribution < 1.29 is 5.11 Å². The van der Waals surface area contributed by atoms with Gasteiger partial charge in [0.15, 0.2) is 0 Å². The number of halogens is 2. The Balaban J connectivity index is 1.76. The van der Waals surface area contributed by atoms with Crippen LogP contribution in [0.3, 0.4) is 0 Å². The molecular weight excluding hydrogens is 305 g/mol. The van der Waals surface area contributed by atoms with Crippen molar-refractivity contribution in [3.05, 3.63) is 33.8 Å². The lowest BCUT2D eigenvalue weighted by Gasteiger charge is -2.47. The third-order valence-electron chi connectivity index (χ3n) is 5.26. The van der Waals surface area contributed by atoms with E-state index in [9.17, 15) is 5.11 Å². The molecule has 1 saturated heterocycles. The van der Waals surface area contributed by atoms with Gasteiger partial charge in [-0.3, -0.25) is 0 Å². The normalized spacial score (nSPS) is 23.6. The maximum Gasteiger partial charge on any atom is 0.0763 e. The highest BCUT2D eigenvalue weighted by molar-refractivity contribution is 6.42. The van der Waals surface area contributed by atoms with E-state index in [1.54, 1.807) is 0 Å². The second-order valence-electron chi connectivity index (χ2n) is 6.52. The van der Waals surface area contributed by atoms with Crippen LogP contribution in [-0.4, -0.2) is 35.7 Å². The minimum Gasteiger partial charge on any atom is -0.391 e. The van der Waals surface area contributed by atoms with Crippen LogP contribution in [0.15, 0.2) is 18.2 Å². The number of benzene rings is 1. The highest BCUT2D eigenvalue weighted by Gasteiger charge is 2.45. The van der Waals surface area contributed by atoms with Crippen LogP contribution in [0.1, 0.15) is 44.1 Å². The first kappa shape index (κ1) is 15.6. The van der Waals surface area contributed by atoms with Gasteiger partial charge in [0.2, 0.25) is 0 Å². The lowest BCUT2D eigenvalue weighted by Crippen LogP contribution is -2.51. The molecule has 3 rings (SSSR count). The van der Waals surface area contributed by atoms with Crippen LogP contribution in [0.4, 0.5) is 0 Å². The van der Waals surface area contributed by atoms with Crippen molar-refractivity contribution in [2.24, 2.45) is 0 Å². The Bertz CT molecular complexity index is 496. The Labute approximate surface area is 137 Å². The molecule has 0 bridgehead atoms. The number of aliphatic hydroxyl groups is 1. The molecule has 0 aromatic heterocycles. The van der Waals surface area contributed by atoms with Crippen LogP contribution in [0, 0.1) is 0 Å². The number of aliphatic hydroxyl groups excluding tert-OH is 1. The van der Waals surface area contributed by atoms with Gasteiger partial charge in [-0.25, -0.2) is 0 Å². The summed E-state index contributed by atoms with van der Waals surface area (Å²) in [6, 6.07) is 5.84. The molecule has 1 unspecified atom stereocenters. The molecule has 21 heavy (non-hydrogen) atoms. The molecule has 1 aliphatic heterocycles. The van der Waals surface area contributed by atoms with E-state index < -0.39 is 0 Å². The van der Waals surface area contributed by atoms with Gasteiger partial charge in [-0.2, -0.15) is 0 Å². The zero-order valence-corrected chi connectivity index (χ0v) is 13.8. The third kappa shape index (κ3) is 3.10. The first-order valence-corrected chi connectivity index (χ1v) is 8.73. The summed E-state index contributed by atoms with van der Waals surface area (Å²) in [5.74, 6) is 0. The topological polar surface area (TPSA) is 23.5 Å². The summed E-state index contributed by atoms with van der Waals surface area (Å²) in [5, 5.41) is 12.0. The molecule has 1 atom stereocenters. The molecule has 2 fully saturated rings. The van der Waals surface area contributed by atoms with Crippen molar-refractivity contribution >= 4 is 23.2 Å². The predicted octanol–water partition coefficient (Wildman–Crippen LogP) is 4.26. The van der Waals surface area contributed by atoms with Gasteiger partial charge in [0.05, 0.1) is 16.1 Å². The van der Waals surface area contributed by atoms with E-state index in [1.807, 2.05) is 18.2 Å². The molecule has 116 valence electrons. The van der Waals surface area contributed by atoms with Crippen molar-refractivity contribution in [1.82, 2.24) is 4.90 Å². The molecule has 4 heteroatoms. The van der Waals surface area contributed by atoms with Crippen LogP contribution in [0.25, 0.3) is 0 Å². The van der Waals surface area contributed by atoms with Crippen molar-refractivity contribution in [2.45, 2.75) is 50.0 Å². The maximum atomic E-state index is 10.9. The third-order valence-corrected chi connectivity index (χ3v) is 6.00. The fourth-order valence-corrected chi connectivity index (χ4v) is 4.04. The Hall–Kier alpha value is -0.280. The SMILES string of the molecule is OC(CN1CCCCC1)C1(c2ccc(Cl)c(Cl)c2)CCC1. The van der Waals surface area contributed by atoms with E-state index >= 15 is 0 Å². The van der Waals surface area contributed by atoms with Gasteiger partial charge in [-0.15, -0.1) is 0 Å². The van der Waals surface area contributed by atoms with E-state index in [0.29, 0.717) is 10.0 Å². The van der Waals surface area contributed by atoms with Gasteiger partial charge in [-0.05, 0) is 56.5 Å². The molecule has 2 aliphatic rings. The molecule has 1 heterocycles. The fourth-order valence-electron chi connectivity index (χ4n) is 3.74. The maximum absolute atomic E-state index is 10.9. The van der Waals surface area contributed by atoms with Crippen molar-refractivity contribution in [3.63, 3.8) is 0 Å². The van der Waals surface area contributed by atoms with E-state index in [0.717, 1.165) is 38.0 Å². The number of β-amino-alcohol motifs (C(OH)–C–C–N with tert-alkyl or cyclic N) is 1. The monoisotopic (exact) mass is 327 g/mol. The van der Waals surface area contributed by atoms with E-state index in [2.05, 4.69) is 4.90 Å². The van der Waals surface area contributed by atoms with Gasteiger partial charge in [-0.1, -0.05) is 42.1 Å². The lowest BCUT2D eigenvalue weighted by atomic mass is 9.61. The van der Waals surface area contributed by atoms with Crippen molar-refractivity contribution in [3.8, 4) is 0 Å². The number of likely N-dealkylation sites (tertiary alicyclic amines) is 1. The average molecular weight is 328 g/mol. The molecule has 1 N–H and O–H groups in total. The molecular formula is C17H23Cl2NO. The number of hydrogen-bond donors (Lipinski definition) is 1. The first-order valence-electron chi connectivity index (χ1n) is 7.98. The van der Waals surface area contributed by atoms with Gasteiger partial charge < -0.3 is 10.0 Å². The summed E-state index contributed by atoms with van der Waals surface area (Å²) in [6.07, 6.45) is 6.78. The fraction of sp³-hybridized carbons (Fsp3) is 0.647. The Morgan fingerprint density at radius 2 is 1.76 bits per heavy atom. The summed E-state index contributed by atoms with van der Waals surface area (Å²) < 4.78 is 0. The highest BCUT2D eigenvalue weighted by atomic mass is 35.5. The second kappa shape index (κ2) is 6.45. The average Bonchev–Trinajstić information content (AvgIpc) is 2.42. The van der Waals surface area contributed by atoms with Crippen molar-refractivity contribution in [1.29, 1.82) is 0 Å². The number of rotatable bonds is 4. The van der Waals surface area contributed by atoms with Crippen molar-refractivity contribution in [2.75, 3.05) is 19.6 Å². The van der Waals surface area contributed by atoms with Crippen LogP contribution in [0.2, 0.25) is 10.0 Å².